The first kappa shape index (κ1) is 15.5. The topological polar surface area (TPSA) is 156 Å². The van der Waals surface area contributed by atoms with Gasteiger partial charge in [-0.3, -0.25) is 14.3 Å². The second-order valence-corrected chi connectivity index (χ2v) is 4.21. The van der Waals surface area contributed by atoms with Gasteiger partial charge in [0.2, 0.25) is 0 Å². The van der Waals surface area contributed by atoms with Gasteiger partial charge in [-0.2, -0.15) is 0 Å². The van der Waals surface area contributed by atoms with E-state index in [1.165, 1.54) is 13.1 Å². The zero-order valence-electron chi connectivity index (χ0n) is 10.1. The van der Waals surface area contributed by atoms with Crippen LogP contribution in [-0.2, 0) is 4.74 Å². The Morgan fingerprint density at radius 2 is 2.00 bits per heavy atom. The molecular formula is C10H16N2O7. The van der Waals surface area contributed by atoms with E-state index in [1.54, 1.807) is 0 Å². The minimum Gasteiger partial charge on any atom is -0.412 e. The SMILES string of the molecule is Cc1cn([C@H]2O[C@@H](CO)[C@H](O)[C@@H]2O)c(=O)[nH]c1=O.O. The van der Waals surface area contributed by atoms with E-state index in [-0.39, 0.29) is 11.0 Å². The second-order valence-electron chi connectivity index (χ2n) is 4.21. The summed E-state index contributed by atoms with van der Waals surface area (Å²) in [6.07, 6.45) is -3.52. The van der Waals surface area contributed by atoms with Crippen LogP contribution in [0.15, 0.2) is 15.8 Å². The molecule has 1 aromatic heterocycles. The molecule has 108 valence electrons. The molecular weight excluding hydrogens is 260 g/mol. The van der Waals surface area contributed by atoms with Crippen molar-refractivity contribution < 1.29 is 25.5 Å². The Balaban J connectivity index is 0.00000180. The molecule has 0 radical (unpaired) electrons. The minimum absolute atomic E-state index is 0. The van der Waals surface area contributed by atoms with Crippen molar-refractivity contribution in [1.29, 1.82) is 0 Å². The van der Waals surface area contributed by atoms with Gasteiger partial charge in [0, 0.05) is 11.8 Å². The van der Waals surface area contributed by atoms with Gasteiger partial charge in [0.15, 0.2) is 6.23 Å². The average Bonchev–Trinajstić information content (AvgIpc) is 2.61. The predicted molar refractivity (Wildman–Crippen MR) is 62.7 cm³/mol. The number of aliphatic hydroxyl groups is 3. The Morgan fingerprint density at radius 1 is 1.37 bits per heavy atom. The van der Waals surface area contributed by atoms with Gasteiger partial charge in [-0.1, -0.05) is 0 Å². The van der Waals surface area contributed by atoms with Crippen LogP contribution in [0.5, 0.6) is 0 Å². The van der Waals surface area contributed by atoms with E-state index >= 15 is 0 Å². The van der Waals surface area contributed by atoms with Gasteiger partial charge in [-0.25, -0.2) is 4.79 Å². The molecule has 6 N–H and O–H groups in total. The molecule has 1 saturated heterocycles. The molecule has 1 aliphatic heterocycles. The van der Waals surface area contributed by atoms with Crippen LogP contribution in [0.2, 0.25) is 0 Å². The Bertz CT molecular complexity index is 552. The third-order valence-electron chi connectivity index (χ3n) is 2.94. The lowest BCUT2D eigenvalue weighted by Crippen LogP contribution is -2.38. The summed E-state index contributed by atoms with van der Waals surface area (Å²) in [5, 5.41) is 28.3. The molecule has 2 rings (SSSR count). The first-order chi connectivity index (χ1) is 8.45. The van der Waals surface area contributed by atoms with E-state index in [9.17, 15) is 19.8 Å². The molecule has 4 atom stereocenters. The Morgan fingerprint density at radius 3 is 2.53 bits per heavy atom. The van der Waals surface area contributed by atoms with Crippen LogP contribution in [-0.4, -0.2) is 55.3 Å². The second kappa shape index (κ2) is 5.63. The highest BCUT2D eigenvalue weighted by Gasteiger charge is 2.43. The number of ether oxygens (including phenoxy) is 1. The Labute approximate surface area is 107 Å². The van der Waals surface area contributed by atoms with E-state index in [2.05, 4.69) is 4.98 Å². The summed E-state index contributed by atoms with van der Waals surface area (Å²) in [5.41, 5.74) is -1.00. The van der Waals surface area contributed by atoms with Crippen LogP contribution in [0.3, 0.4) is 0 Å². The largest absolute Gasteiger partial charge is 0.412 e. The highest BCUT2D eigenvalue weighted by atomic mass is 16.6. The number of aryl methyl sites for hydroxylation is 1. The Hall–Kier alpha value is -1.52. The van der Waals surface area contributed by atoms with Crippen molar-refractivity contribution in [3.8, 4) is 0 Å². The molecule has 0 amide bonds. The first-order valence-electron chi connectivity index (χ1n) is 5.40. The highest BCUT2D eigenvalue weighted by Crippen LogP contribution is 2.27. The molecule has 1 aliphatic rings. The van der Waals surface area contributed by atoms with Crippen molar-refractivity contribution in [3.63, 3.8) is 0 Å². The normalized spacial score (nSPS) is 30.1. The minimum atomic E-state index is -1.36. The third-order valence-corrected chi connectivity index (χ3v) is 2.94. The molecule has 2 heterocycles. The van der Waals surface area contributed by atoms with Crippen LogP contribution in [0.4, 0.5) is 0 Å². The number of aromatic nitrogens is 2. The van der Waals surface area contributed by atoms with Crippen molar-refractivity contribution in [2.45, 2.75) is 31.5 Å². The van der Waals surface area contributed by atoms with Crippen LogP contribution >= 0.6 is 0 Å². The predicted octanol–water partition coefficient (Wildman–Crippen LogP) is -3.37. The lowest BCUT2D eigenvalue weighted by Gasteiger charge is -2.17. The highest BCUT2D eigenvalue weighted by molar-refractivity contribution is 5.03. The summed E-state index contributed by atoms with van der Waals surface area (Å²) in [7, 11) is 0. The maximum absolute atomic E-state index is 11.6. The maximum atomic E-state index is 11.6. The number of rotatable bonds is 2. The Kier molecular flexibility index (Phi) is 4.61. The first-order valence-corrected chi connectivity index (χ1v) is 5.40. The average molecular weight is 276 g/mol. The number of aliphatic hydroxyl groups excluding tert-OH is 3. The van der Waals surface area contributed by atoms with Crippen molar-refractivity contribution in [1.82, 2.24) is 9.55 Å². The van der Waals surface area contributed by atoms with Crippen LogP contribution in [0.25, 0.3) is 0 Å². The summed E-state index contributed by atoms with van der Waals surface area (Å²) in [5.74, 6) is 0. The molecule has 9 heteroatoms. The van der Waals surface area contributed by atoms with Gasteiger partial charge in [0.05, 0.1) is 6.61 Å². The smallest absolute Gasteiger partial charge is 0.330 e. The molecule has 19 heavy (non-hydrogen) atoms. The summed E-state index contributed by atoms with van der Waals surface area (Å²) in [4.78, 5) is 24.9. The number of aromatic amines is 1. The maximum Gasteiger partial charge on any atom is 0.330 e. The molecule has 0 aromatic carbocycles. The molecule has 0 spiro atoms. The van der Waals surface area contributed by atoms with Gasteiger partial charge in [0.1, 0.15) is 18.3 Å². The number of hydrogen-bond acceptors (Lipinski definition) is 6. The van der Waals surface area contributed by atoms with Crippen LogP contribution < -0.4 is 11.2 Å². The summed E-state index contributed by atoms with van der Waals surface area (Å²) >= 11 is 0. The van der Waals surface area contributed by atoms with Gasteiger partial charge in [-0.15, -0.1) is 0 Å². The molecule has 0 unspecified atom stereocenters. The summed E-state index contributed by atoms with van der Waals surface area (Å²) in [6, 6.07) is 0. The molecule has 0 bridgehead atoms. The molecule has 1 fully saturated rings. The number of nitrogens with one attached hydrogen (secondary N) is 1. The fourth-order valence-corrected chi connectivity index (χ4v) is 1.88. The number of H-pyrrole nitrogens is 1. The van der Waals surface area contributed by atoms with Crippen molar-refractivity contribution in [2.24, 2.45) is 0 Å². The lowest BCUT2D eigenvalue weighted by atomic mass is 10.1. The lowest BCUT2D eigenvalue weighted by molar-refractivity contribution is -0.0551. The molecule has 0 aliphatic carbocycles. The molecule has 1 aromatic rings. The zero-order chi connectivity index (χ0) is 13.4. The molecule has 0 saturated carbocycles. The van der Waals surface area contributed by atoms with Gasteiger partial charge in [-0.05, 0) is 6.92 Å². The quantitative estimate of drug-likeness (QED) is 0.441. The van der Waals surface area contributed by atoms with Crippen molar-refractivity contribution in [2.75, 3.05) is 6.61 Å². The van der Waals surface area contributed by atoms with Crippen molar-refractivity contribution >= 4 is 0 Å². The van der Waals surface area contributed by atoms with Crippen LogP contribution in [0.1, 0.15) is 11.8 Å². The van der Waals surface area contributed by atoms with Crippen molar-refractivity contribution in [3.05, 3.63) is 32.6 Å². The standard InChI is InChI=1S/C10H14N2O6.H2O/c1-4-2-12(10(17)11-8(4)16)9-7(15)6(14)5(3-13)18-9;/h2,5-7,9,13-15H,3H2,1H3,(H,11,16,17);1H2/t5-,6-,7-,9-;/m0./s1. The fraction of sp³-hybridized carbons (Fsp3) is 0.600. The van der Waals surface area contributed by atoms with Crippen LogP contribution in [0, 0.1) is 6.92 Å². The summed E-state index contributed by atoms with van der Waals surface area (Å²) < 4.78 is 6.17. The summed E-state index contributed by atoms with van der Waals surface area (Å²) in [6.45, 7) is 1.02. The third kappa shape index (κ3) is 2.60. The van der Waals surface area contributed by atoms with Gasteiger partial charge < -0.3 is 25.5 Å². The van der Waals surface area contributed by atoms with E-state index < -0.39 is 42.4 Å². The molecule has 9 nitrogen and oxygen atoms in total. The fourth-order valence-electron chi connectivity index (χ4n) is 1.88. The van der Waals surface area contributed by atoms with E-state index in [1.807, 2.05) is 0 Å². The monoisotopic (exact) mass is 276 g/mol. The number of nitrogens with zero attached hydrogens (tertiary/aromatic N) is 1. The van der Waals surface area contributed by atoms with E-state index in [4.69, 9.17) is 9.84 Å². The van der Waals surface area contributed by atoms with E-state index in [0.29, 0.717) is 0 Å². The van der Waals surface area contributed by atoms with Gasteiger partial charge in [0.25, 0.3) is 5.56 Å². The van der Waals surface area contributed by atoms with Gasteiger partial charge >= 0.3 is 5.69 Å². The zero-order valence-corrected chi connectivity index (χ0v) is 10.1. The number of hydrogen-bond donors (Lipinski definition) is 4. The van der Waals surface area contributed by atoms with E-state index in [0.717, 1.165) is 4.57 Å².